The van der Waals surface area contributed by atoms with Crippen molar-refractivity contribution in [1.29, 1.82) is 0 Å². The summed E-state index contributed by atoms with van der Waals surface area (Å²) in [6.07, 6.45) is -1.32. The van der Waals surface area contributed by atoms with Gasteiger partial charge in [-0.3, -0.25) is 9.11 Å². The summed E-state index contributed by atoms with van der Waals surface area (Å²) in [6, 6.07) is 0. The fourth-order valence-corrected chi connectivity index (χ4v) is 1.76. The lowest BCUT2D eigenvalue weighted by molar-refractivity contribution is -0.132. The molecule has 0 aromatic carbocycles. The summed E-state index contributed by atoms with van der Waals surface area (Å²) < 4.78 is 60.3. The maximum Gasteiger partial charge on any atom is 0.397 e. The van der Waals surface area contributed by atoms with Crippen molar-refractivity contribution in [1.82, 2.24) is 0 Å². The highest BCUT2D eigenvalue weighted by Crippen LogP contribution is 1.99. The first-order valence-electron chi connectivity index (χ1n) is 4.24. The lowest BCUT2D eigenvalue weighted by Gasteiger charge is -2.06. The van der Waals surface area contributed by atoms with E-state index in [2.05, 4.69) is 10.8 Å². The molecule has 0 fully saturated rings. The van der Waals surface area contributed by atoms with Gasteiger partial charge < -0.3 is 5.11 Å². The van der Waals surface area contributed by atoms with Crippen LogP contribution in [0.2, 0.25) is 0 Å². The molecule has 0 aromatic rings. The minimum Gasteiger partial charge on any atom is -0.478 e. The largest absolute Gasteiger partial charge is 0.478 e. The Labute approximate surface area is 105 Å². The molecule has 0 spiro atoms. The number of carboxylic acid groups (broad SMARTS) is 1. The first-order valence-corrected chi connectivity index (χ1v) is 7.21. The van der Waals surface area contributed by atoms with Crippen LogP contribution in [0.5, 0.6) is 0 Å². The van der Waals surface area contributed by atoms with E-state index in [1.54, 1.807) is 0 Å². The van der Waals surface area contributed by atoms with E-state index in [9.17, 15) is 21.6 Å². The standard InChI is InChI=1S/C4H6O2.C3H8O7S2/c1-3(2)4(5)6;1-3(2-11(4,5)6)10-12(7,8)9/h1H2,2H3,(H,5,6);3H,2H2,1H3,(H,4,5,6)(H,7,8,9). The Balaban J connectivity index is 0. The van der Waals surface area contributed by atoms with Crippen LogP contribution < -0.4 is 0 Å². The molecule has 0 rings (SSSR count). The van der Waals surface area contributed by atoms with Crippen molar-refractivity contribution in [2.45, 2.75) is 20.0 Å². The van der Waals surface area contributed by atoms with Gasteiger partial charge in [0, 0.05) is 5.57 Å². The highest BCUT2D eigenvalue weighted by molar-refractivity contribution is 7.85. The minimum atomic E-state index is -4.67. The molecule has 0 radical (unpaired) electrons. The Hall–Kier alpha value is -1.01. The van der Waals surface area contributed by atoms with Gasteiger partial charge in [-0.2, -0.15) is 16.8 Å². The number of carboxylic acids is 1. The SMILES string of the molecule is C=C(C)C(=O)O.CC(CS(=O)(=O)O)OS(=O)(=O)O. The summed E-state index contributed by atoms with van der Waals surface area (Å²) in [6.45, 7) is 5.67. The Bertz CT molecular complexity index is 441. The number of rotatable bonds is 5. The van der Waals surface area contributed by atoms with Crippen LogP contribution in [0.4, 0.5) is 0 Å². The van der Waals surface area contributed by atoms with E-state index < -0.39 is 38.3 Å². The second kappa shape index (κ2) is 7.43. The van der Waals surface area contributed by atoms with Crippen molar-refractivity contribution in [2.75, 3.05) is 5.75 Å². The van der Waals surface area contributed by atoms with Gasteiger partial charge in [-0.05, 0) is 13.8 Å². The summed E-state index contributed by atoms with van der Waals surface area (Å²) in [5.74, 6) is -1.83. The van der Waals surface area contributed by atoms with E-state index in [4.69, 9.17) is 14.2 Å². The van der Waals surface area contributed by atoms with Gasteiger partial charge >= 0.3 is 16.4 Å². The van der Waals surface area contributed by atoms with Gasteiger partial charge in [0.1, 0.15) is 5.75 Å². The lowest BCUT2D eigenvalue weighted by Crippen LogP contribution is -2.23. The molecule has 0 heterocycles. The summed E-state index contributed by atoms with van der Waals surface area (Å²) >= 11 is 0. The third kappa shape index (κ3) is 17.4. The van der Waals surface area contributed by atoms with Crippen LogP contribution in [0.15, 0.2) is 12.2 Å². The van der Waals surface area contributed by atoms with Crippen molar-refractivity contribution < 1.29 is 40.0 Å². The van der Waals surface area contributed by atoms with Crippen molar-refractivity contribution in [3.63, 3.8) is 0 Å². The van der Waals surface area contributed by atoms with Crippen LogP contribution in [0, 0.1) is 0 Å². The summed E-state index contributed by atoms with van der Waals surface area (Å²) in [4.78, 5) is 9.60. The fraction of sp³-hybridized carbons (Fsp3) is 0.571. The molecule has 0 aromatic heterocycles. The molecule has 18 heavy (non-hydrogen) atoms. The van der Waals surface area contributed by atoms with E-state index in [1.807, 2.05) is 0 Å². The molecule has 11 heteroatoms. The van der Waals surface area contributed by atoms with Crippen molar-refractivity contribution in [3.8, 4) is 0 Å². The van der Waals surface area contributed by atoms with Crippen molar-refractivity contribution >= 4 is 26.5 Å². The number of hydrogen-bond acceptors (Lipinski definition) is 6. The predicted molar refractivity (Wildman–Crippen MR) is 61.0 cm³/mol. The normalized spacial score (nSPS) is 13.1. The molecule has 0 saturated heterocycles. The van der Waals surface area contributed by atoms with Crippen molar-refractivity contribution in [2.24, 2.45) is 0 Å². The molecule has 0 aliphatic rings. The topological polar surface area (TPSA) is 155 Å². The zero-order chi connectivity index (χ0) is 15.1. The van der Waals surface area contributed by atoms with Crippen LogP contribution >= 0.6 is 0 Å². The summed E-state index contributed by atoms with van der Waals surface area (Å²) in [5, 5.41) is 7.89. The van der Waals surface area contributed by atoms with Crippen LogP contribution in [0.1, 0.15) is 13.8 Å². The third-order valence-corrected chi connectivity index (χ3v) is 2.56. The first kappa shape index (κ1) is 19.3. The van der Waals surface area contributed by atoms with E-state index in [0.717, 1.165) is 6.92 Å². The Morgan fingerprint density at radius 2 is 1.61 bits per heavy atom. The molecular weight excluding hydrogens is 292 g/mol. The van der Waals surface area contributed by atoms with Crippen LogP contribution in [0.3, 0.4) is 0 Å². The molecule has 0 amide bonds. The van der Waals surface area contributed by atoms with E-state index in [1.165, 1.54) is 6.92 Å². The molecule has 3 N–H and O–H groups in total. The number of aliphatic carboxylic acids is 1. The minimum absolute atomic E-state index is 0.176. The zero-order valence-electron chi connectivity index (χ0n) is 9.60. The van der Waals surface area contributed by atoms with Gasteiger partial charge in [-0.25, -0.2) is 8.98 Å². The number of hydrogen-bond donors (Lipinski definition) is 3. The highest BCUT2D eigenvalue weighted by atomic mass is 32.3. The summed E-state index contributed by atoms with van der Waals surface area (Å²) in [5.41, 5.74) is 0.176. The zero-order valence-corrected chi connectivity index (χ0v) is 11.2. The van der Waals surface area contributed by atoms with Gasteiger partial charge in [0.2, 0.25) is 0 Å². The second-order valence-corrected chi connectivity index (χ2v) is 5.71. The molecule has 0 aliphatic carbocycles. The monoisotopic (exact) mass is 306 g/mol. The third-order valence-electron chi connectivity index (χ3n) is 1.10. The average Bonchev–Trinajstić information content (AvgIpc) is 1.96. The second-order valence-electron chi connectivity index (χ2n) is 3.17. The van der Waals surface area contributed by atoms with Gasteiger partial charge in [0.25, 0.3) is 10.1 Å². The molecule has 1 unspecified atom stereocenters. The van der Waals surface area contributed by atoms with E-state index in [0.29, 0.717) is 0 Å². The van der Waals surface area contributed by atoms with Gasteiger partial charge in [-0.1, -0.05) is 6.58 Å². The van der Waals surface area contributed by atoms with Gasteiger partial charge in [0.15, 0.2) is 0 Å². The molecule has 9 nitrogen and oxygen atoms in total. The number of carbonyl (C=O) groups is 1. The van der Waals surface area contributed by atoms with Gasteiger partial charge in [0.05, 0.1) is 6.10 Å². The molecule has 108 valence electrons. The molecule has 0 aliphatic heterocycles. The van der Waals surface area contributed by atoms with E-state index in [-0.39, 0.29) is 5.57 Å². The summed E-state index contributed by atoms with van der Waals surface area (Å²) in [7, 11) is -8.97. The van der Waals surface area contributed by atoms with Crippen LogP contribution in [-0.2, 0) is 29.5 Å². The molecule has 0 saturated carbocycles. The van der Waals surface area contributed by atoms with Gasteiger partial charge in [-0.15, -0.1) is 0 Å². The smallest absolute Gasteiger partial charge is 0.397 e. The maximum absolute atomic E-state index is 10.1. The average molecular weight is 306 g/mol. The lowest BCUT2D eigenvalue weighted by atomic mass is 10.4. The predicted octanol–water partition coefficient (Wildman–Crippen LogP) is -0.271. The highest BCUT2D eigenvalue weighted by Gasteiger charge is 2.18. The Morgan fingerprint density at radius 3 is 1.78 bits per heavy atom. The Kier molecular flexibility index (Phi) is 7.98. The van der Waals surface area contributed by atoms with Crippen LogP contribution in [-0.4, -0.2) is 48.9 Å². The van der Waals surface area contributed by atoms with E-state index >= 15 is 0 Å². The van der Waals surface area contributed by atoms with Crippen LogP contribution in [0.25, 0.3) is 0 Å². The maximum atomic E-state index is 10.1. The first-order chi connectivity index (χ1) is 7.74. The van der Waals surface area contributed by atoms with Crippen molar-refractivity contribution in [3.05, 3.63) is 12.2 Å². The fourth-order valence-electron chi connectivity index (χ4n) is 0.532. The Morgan fingerprint density at radius 1 is 1.28 bits per heavy atom. The molecule has 1 atom stereocenters. The quantitative estimate of drug-likeness (QED) is 0.459. The molecule has 0 bridgehead atoms. The molecular formula is C7H14O9S2.